The van der Waals surface area contributed by atoms with E-state index in [4.69, 9.17) is 14.2 Å². The van der Waals surface area contributed by atoms with E-state index in [1.54, 1.807) is 62.3 Å². The Morgan fingerprint density at radius 3 is 1.35 bits per heavy atom. The summed E-state index contributed by atoms with van der Waals surface area (Å²) in [5.74, 6) is -2.13. The first-order valence-electron chi connectivity index (χ1n) is 10.7. The molecule has 0 radical (unpaired) electrons. The number of carbonyl (C=O) groups is 5. The second-order valence-corrected chi connectivity index (χ2v) is 10.3. The molecule has 11 heteroatoms. The summed E-state index contributed by atoms with van der Waals surface area (Å²) in [5.41, 5.74) is -3.50. The van der Waals surface area contributed by atoms with Crippen LogP contribution in [0.3, 0.4) is 0 Å². The van der Waals surface area contributed by atoms with Crippen molar-refractivity contribution >= 4 is 30.2 Å². The van der Waals surface area contributed by atoms with Crippen LogP contribution in [0, 0.1) is 0 Å². The van der Waals surface area contributed by atoms with E-state index in [1.807, 2.05) is 0 Å². The van der Waals surface area contributed by atoms with Crippen LogP contribution in [0.5, 0.6) is 0 Å². The van der Waals surface area contributed by atoms with Crippen molar-refractivity contribution in [1.29, 1.82) is 0 Å². The van der Waals surface area contributed by atoms with E-state index < -0.39 is 58.7 Å². The zero-order valence-electron chi connectivity index (χ0n) is 22.2. The van der Waals surface area contributed by atoms with Crippen LogP contribution in [0.1, 0.15) is 76.2 Å². The van der Waals surface area contributed by atoms with Gasteiger partial charge in [0, 0.05) is 0 Å². The molecule has 0 saturated carbocycles. The van der Waals surface area contributed by atoms with E-state index in [9.17, 15) is 24.0 Å². The Labute approximate surface area is 201 Å². The third-order valence-electron chi connectivity index (χ3n) is 3.63. The Balaban J connectivity index is 6.55. The number of carbonyl (C=O) groups excluding carboxylic acids is 5. The van der Waals surface area contributed by atoms with Crippen molar-refractivity contribution in [3.63, 3.8) is 0 Å². The standard InChI is InChI=1S/C23H38N2O9/c1-13-15(17(27)31-12)25(20(30)34-23(9,10)11)16(26)14(2)24(18(28)32-21(3,4)5)19(29)33-22(6,7)8/h13-14H,1-12H3/b15-13-. The molecule has 0 bridgehead atoms. The predicted molar refractivity (Wildman–Crippen MR) is 123 cm³/mol. The van der Waals surface area contributed by atoms with Crippen molar-refractivity contribution < 1.29 is 42.9 Å². The summed E-state index contributed by atoms with van der Waals surface area (Å²) in [7, 11) is 1.07. The topological polar surface area (TPSA) is 129 Å². The summed E-state index contributed by atoms with van der Waals surface area (Å²) in [6, 6.07) is -1.63. The maximum atomic E-state index is 13.5. The lowest BCUT2D eigenvalue weighted by Gasteiger charge is -2.33. The van der Waals surface area contributed by atoms with E-state index in [-0.39, 0.29) is 0 Å². The molecule has 0 aromatic heterocycles. The van der Waals surface area contributed by atoms with Gasteiger partial charge in [-0.25, -0.2) is 24.1 Å². The fourth-order valence-electron chi connectivity index (χ4n) is 2.37. The van der Waals surface area contributed by atoms with E-state index in [2.05, 4.69) is 4.74 Å². The highest BCUT2D eigenvalue weighted by Crippen LogP contribution is 2.21. The zero-order chi connectivity index (χ0) is 27.2. The van der Waals surface area contributed by atoms with Gasteiger partial charge in [-0.1, -0.05) is 6.08 Å². The van der Waals surface area contributed by atoms with Gasteiger partial charge in [-0.15, -0.1) is 0 Å². The molecule has 0 rings (SSSR count). The Morgan fingerprint density at radius 1 is 0.706 bits per heavy atom. The first-order valence-corrected chi connectivity index (χ1v) is 10.7. The Morgan fingerprint density at radius 2 is 1.06 bits per heavy atom. The van der Waals surface area contributed by atoms with Gasteiger partial charge in [0.05, 0.1) is 7.11 Å². The van der Waals surface area contributed by atoms with E-state index in [0.29, 0.717) is 9.80 Å². The summed E-state index contributed by atoms with van der Waals surface area (Å²) in [5, 5.41) is 0. The van der Waals surface area contributed by atoms with Gasteiger partial charge >= 0.3 is 24.2 Å². The van der Waals surface area contributed by atoms with Gasteiger partial charge in [-0.05, 0) is 76.2 Å². The van der Waals surface area contributed by atoms with Crippen molar-refractivity contribution in [1.82, 2.24) is 9.80 Å². The second-order valence-electron chi connectivity index (χ2n) is 10.3. The summed E-state index contributed by atoms with van der Waals surface area (Å²) in [6.45, 7) is 16.8. The predicted octanol–water partition coefficient (Wildman–Crippen LogP) is 4.39. The van der Waals surface area contributed by atoms with Gasteiger partial charge in [0.25, 0.3) is 5.91 Å². The van der Waals surface area contributed by atoms with Crippen LogP contribution in [0.15, 0.2) is 11.8 Å². The van der Waals surface area contributed by atoms with Crippen LogP contribution in [-0.2, 0) is 28.5 Å². The SMILES string of the molecule is C/C=C(/C(=O)OC)N(C(=O)OC(C)(C)C)C(=O)C(C)N(C(=O)OC(C)(C)C)C(=O)OC(C)(C)C. The fraction of sp³-hybridized carbons (Fsp3) is 0.696. The molecule has 1 atom stereocenters. The van der Waals surface area contributed by atoms with Gasteiger partial charge in [0.2, 0.25) is 0 Å². The first kappa shape index (κ1) is 30.9. The summed E-state index contributed by atoms with van der Waals surface area (Å²) >= 11 is 0. The number of hydrogen-bond acceptors (Lipinski definition) is 9. The molecule has 0 heterocycles. The average Bonchev–Trinajstić information content (AvgIpc) is 2.60. The molecule has 0 N–H and O–H groups in total. The molecule has 0 aliphatic heterocycles. The quantitative estimate of drug-likeness (QED) is 0.323. The molecule has 0 aliphatic carbocycles. The summed E-state index contributed by atoms with van der Waals surface area (Å²) in [6.07, 6.45) is -2.37. The Hall–Kier alpha value is -3.11. The molecular weight excluding hydrogens is 448 g/mol. The van der Waals surface area contributed by atoms with E-state index in [0.717, 1.165) is 7.11 Å². The van der Waals surface area contributed by atoms with Gasteiger partial charge in [0.15, 0.2) is 0 Å². The molecular formula is C23H38N2O9. The lowest BCUT2D eigenvalue weighted by molar-refractivity contribution is -0.143. The minimum atomic E-state index is -1.63. The highest BCUT2D eigenvalue weighted by atomic mass is 16.6. The number of nitrogens with zero attached hydrogens (tertiary/aromatic N) is 2. The number of allylic oxidation sites excluding steroid dienone is 1. The van der Waals surface area contributed by atoms with Crippen LogP contribution in [-0.4, -0.2) is 69.9 Å². The van der Waals surface area contributed by atoms with Crippen molar-refractivity contribution in [2.24, 2.45) is 0 Å². The number of imide groups is 2. The number of esters is 1. The molecule has 0 spiro atoms. The average molecular weight is 487 g/mol. The lowest BCUT2D eigenvalue weighted by Crippen LogP contribution is -2.56. The third kappa shape index (κ3) is 9.80. The second kappa shape index (κ2) is 11.3. The van der Waals surface area contributed by atoms with E-state index in [1.165, 1.54) is 19.9 Å². The molecule has 0 aromatic rings. The van der Waals surface area contributed by atoms with Crippen molar-refractivity contribution in [3.05, 3.63) is 11.8 Å². The van der Waals surface area contributed by atoms with Crippen molar-refractivity contribution in [3.8, 4) is 0 Å². The first-order chi connectivity index (χ1) is 15.1. The molecule has 0 aliphatic rings. The van der Waals surface area contributed by atoms with Crippen LogP contribution in [0.2, 0.25) is 0 Å². The summed E-state index contributed by atoms with van der Waals surface area (Å²) in [4.78, 5) is 65.4. The van der Waals surface area contributed by atoms with Crippen LogP contribution in [0.4, 0.5) is 14.4 Å². The lowest BCUT2D eigenvalue weighted by atomic mass is 10.2. The minimum absolute atomic E-state index is 0.420. The zero-order valence-corrected chi connectivity index (χ0v) is 22.2. The molecule has 11 nitrogen and oxygen atoms in total. The third-order valence-corrected chi connectivity index (χ3v) is 3.63. The Kier molecular flexibility index (Phi) is 10.3. The largest absolute Gasteiger partial charge is 0.464 e. The summed E-state index contributed by atoms with van der Waals surface area (Å²) < 4.78 is 20.5. The normalized spacial score (nSPS) is 13.4. The van der Waals surface area contributed by atoms with Gasteiger partial charge < -0.3 is 18.9 Å². The maximum Gasteiger partial charge on any atom is 0.422 e. The molecule has 0 aromatic carbocycles. The molecule has 34 heavy (non-hydrogen) atoms. The monoisotopic (exact) mass is 486 g/mol. The van der Waals surface area contributed by atoms with Gasteiger partial charge in [-0.2, -0.15) is 4.90 Å². The molecule has 194 valence electrons. The molecule has 0 fully saturated rings. The number of ether oxygens (including phenoxy) is 4. The van der Waals surface area contributed by atoms with Crippen molar-refractivity contribution in [2.75, 3.05) is 7.11 Å². The number of amides is 4. The van der Waals surface area contributed by atoms with Crippen LogP contribution < -0.4 is 0 Å². The number of methoxy groups -OCH3 is 1. The number of rotatable bonds is 4. The highest BCUT2D eigenvalue weighted by molar-refractivity contribution is 6.06. The maximum absolute atomic E-state index is 13.5. The fourth-order valence-corrected chi connectivity index (χ4v) is 2.37. The van der Waals surface area contributed by atoms with Gasteiger partial charge in [0.1, 0.15) is 28.5 Å². The van der Waals surface area contributed by atoms with E-state index >= 15 is 0 Å². The van der Waals surface area contributed by atoms with Gasteiger partial charge in [-0.3, -0.25) is 4.79 Å². The van der Waals surface area contributed by atoms with Crippen LogP contribution >= 0.6 is 0 Å². The molecule has 0 saturated heterocycles. The van der Waals surface area contributed by atoms with Crippen molar-refractivity contribution in [2.45, 2.75) is 99.0 Å². The van der Waals surface area contributed by atoms with Crippen LogP contribution in [0.25, 0.3) is 0 Å². The number of hydrogen-bond donors (Lipinski definition) is 0. The highest BCUT2D eigenvalue weighted by Gasteiger charge is 2.43. The smallest absolute Gasteiger partial charge is 0.422 e. The Bertz CT molecular complexity index is 799. The minimum Gasteiger partial charge on any atom is -0.464 e. The molecule has 4 amide bonds. The molecule has 1 unspecified atom stereocenters.